The van der Waals surface area contributed by atoms with Gasteiger partial charge in [-0.2, -0.15) is 4.31 Å². The lowest BCUT2D eigenvalue weighted by Crippen LogP contribution is -2.40. The Morgan fingerprint density at radius 2 is 1.57 bits per heavy atom. The molecule has 0 radical (unpaired) electrons. The molecule has 0 aromatic heterocycles. The van der Waals surface area contributed by atoms with Gasteiger partial charge in [-0.1, -0.05) is 32.0 Å². The lowest BCUT2D eigenvalue weighted by Gasteiger charge is -2.26. The molecule has 0 bridgehead atoms. The summed E-state index contributed by atoms with van der Waals surface area (Å²) in [5.41, 5.74) is 1.24. The topological polar surface area (TPSA) is 92.8 Å². The maximum Gasteiger partial charge on any atom is 0.261 e. The van der Waals surface area contributed by atoms with E-state index in [-0.39, 0.29) is 28.6 Å². The fourth-order valence-electron chi connectivity index (χ4n) is 2.90. The van der Waals surface area contributed by atoms with E-state index in [2.05, 4.69) is 4.72 Å². The quantitative estimate of drug-likeness (QED) is 0.770. The summed E-state index contributed by atoms with van der Waals surface area (Å²) in [7, 11) is -7.52. The van der Waals surface area contributed by atoms with Gasteiger partial charge in [0.05, 0.1) is 28.7 Å². The molecular weight excluding hydrogens is 400 g/mol. The van der Waals surface area contributed by atoms with Gasteiger partial charge in [-0.15, -0.1) is 0 Å². The monoisotopic (exact) mass is 424 g/mol. The van der Waals surface area contributed by atoms with Crippen LogP contribution in [0.25, 0.3) is 0 Å². The fourth-order valence-corrected chi connectivity index (χ4v) is 5.41. The Labute approximate surface area is 166 Å². The Balaban J connectivity index is 1.83. The highest BCUT2D eigenvalue weighted by Gasteiger charge is 2.26. The van der Waals surface area contributed by atoms with Gasteiger partial charge in [0.25, 0.3) is 10.0 Å². The van der Waals surface area contributed by atoms with Crippen molar-refractivity contribution in [3.8, 4) is 0 Å². The smallest absolute Gasteiger partial charge is 0.261 e. The molecule has 1 heterocycles. The number of benzene rings is 2. The molecule has 2 aromatic carbocycles. The Morgan fingerprint density at radius 3 is 2.18 bits per heavy atom. The van der Waals surface area contributed by atoms with Crippen molar-refractivity contribution >= 4 is 25.7 Å². The number of nitrogens with zero attached hydrogens (tertiary/aromatic N) is 1. The van der Waals surface area contributed by atoms with Crippen molar-refractivity contribution in [2.75, 3.05) is 31.0 Å². The normalized spacial score (nSPS) is 16.2. The van der Waals surface area contributed by atoms with Crippen LogP contribution >= 0.6 is 0 Å². The maximum absolute atomic E-state index is 12.8. The molecule has 1 aliphatic rings. The first-order chi connectivity index (χ1) is 13.2. The molecule has 7 nitrogen and oxygen atoms in total. The van der Waals surface area contributed by atoms with Gasteiger partial charge in [-0.25, -0.2) is 16.8 Å². The van der Waals surface area contributed by atoms with Crippen molar-refractivity contribution in [1.29, 1.82) is 0 Å². The molecule has 28 heavy (non-hydrogen) atoms. The Hall–Kier alpha value is -1.94. The van der Waals surface area contributed by atoms with Crippen LogP contribution in [0.1, 0.15) is 25.3 Å². The number of ether oxygens (including phenoxy) is 1. The average molecular weight is 425 g/mol. The summed E-state index contributed by atoms with van der Waals surface area (Å²) in [6.07, 6.45) is 0. The zero-order valence-corrected chi connectivity index (χ0v) is 17.5. The van der Waals surface area contributed by atoms with Crippen LogP contribution in [0.5, 0.6) is 0 Å². The van der Waals surface area contributed by atoms with Crippen LogP contribution < -0.4 is 4.72 Å². The third-order valence-electron chi connectivity index (χ3n) is 4.55. The second kappa shape index (κ2) is 8.20. The number of morpholine rings is 1. The first-order valence-corrected chi connectivity index (χ1v) is 11.9. The number of anilines is 1. The van der Waals surface area contributed by atoms with Gasteiger partial charge >= 0.3 is 0 Å². The van der Waals surface area contributed by atoms with E-state index < -0.39 is 20.0 Å². The van der Waals surface area contributed by atoms with Crippen molar-refractivity contribution in [1.82, 2.24) is 4.31 Å². The predicted octanol–water partition coefficient (Wildman–Crippen LogP) is 2.63. The second-order valence-electron chi connectivity index (χ2n) is 6.87. The zero-order chi connectivity index (χ0) is 20.4. The first kappa shape index (κ1) is 20.8. The van der Waals surface area contributed by atoms with Crippen molar-refractivity contribution in [3.63, 3.8) is 0 Å². The minimum absolute atomic E-state index is 0.0461. The molecule has 9 heteroatoms. The average Bonchev–Trinajstić information content (AvgIpc) is 2.68. The Kier molecular flexibility index (Phi) is 6.09. The van der Waals surface area contributed by atoms with Crippen molar-refractivity contribution in [2.24, 2.45) is 0 Å². The number of rotatable bonds is 6. The van der Waals surface area contributed by atoms with Crippen LogP contribution in [0.4, 0.5) is 5.69 Å². The molecule has 0 atom stereocenters. The molecule has 1 aliphatic heterocycles. The van der Waals surface area contributed by atoms with E-state index in [4.69, 9.17) is 4.74 Å². The van der Waals surface area contributed by atoms with Crippen LogP contribution in [0.2, 0.25) is 0 Å². The summed E-state index contributed by atoms with van der Waals surface area (Å²) in [6.45, 7) is 5.31. The van der Waals surface area contributed by atoms with Crippen LogP contribution in [0, 0.1) is 0 Å². The summed E-state index contributed by atoms with van der Waals surface area (Å²) in [4.78, 5) is 0.170. The number of sulfonamides is 2. The van der Waals surface area contributed by atoms with Gasteiger partial charge in [0.15, 0.2) is 0 Å². The van der Waals surface area contributed by atoms with Crippen molar-refractivity contribution in [2.45, 2.75) is 29.6 Å². The molecule has 1 fully saturated rings. The summed E-state index contributed by atoms with van der Waals surface area (Å²) in [5, 5.41) is 0. The number of hydrogen-bond donors (Lipinski definition) is 1. The van der Waals surface area contributed by atoms with Crippen LogP contribution in [0.15, 0.2) is 58.3 Å². The molecule has 0 amide bonds. The molecule has 1 saturated heterocycles. The van der Waals surface area contributed by atoms with E-state index in [0.717, 1.165) is 5.56 Å². The van der Waals surface area contributed by atoms with E-state index in [9.17, 15) is 16.8 Å². The Bertz CT molecular complexity index is 1030. The van der Waals surface area contributed by atoms with Crippen molar-refractivity contribution in [3.05, 3.63) is 54.1 Å². The number of hydrogen-bond acceptors (Lipinski definition) is 5. The van der Waals surface area contributed by atoms with Gasteiger partial charge in [-0.05, 0) is 41.8 Å². The highest BCUT2D eigenvalue weighted by molar-refractivity contribution is 7.92. The summed E-state index contributed by atoms with van der Waals surface area (Å²) in [5.74, 6) is 0.298. The third-order valence-corrected chi connectivity index (χ3v) is 7.84. The third kappa shape index (κ3) is 4.54. The molecule has 0 saturated carbocycles. The van der Waals surface area contributed by atoms with Crippen LogP contribution in [-0.4, -0.2) is 47.4 Å². The molecule has 1 N–H and O–H groups in total. The van der Waals surface area contributed by atoms with Gasteiger partial charge in [-0.3, -0.25) is 4.72 Å². The van der Waals surface area contributed by atoms with Gasteiger partial charge in [0.2, 0.25) is 10.0 Å². The largest absolute Gasteiger partial charge is 0.379 e. The highest BCUT2D eigenvalue weighted by atomic mass is 32.2. The molecular formula is C19H24N2O5S2. The minimum atomic E-state index is -3.82. The van der Waals surface area contributed by atoms with Gasteiger partial charge < -0.3 is 4.74 Å². The van der Waals surface area contributed by atoms with Crippen molar-refractivity contribution < 1.29 is 21.6 Å². The standard InChI is InChI=1S/C19H24N2O5S2/c1-15(2)16-6-8-18(9-7-16)27(22,23)20-17-4-3-5-19(14-17)28(24,25)21-10-12-26-13-11-21/h3-9,14-15,20H,10-13H2,1-2H3. The van der Waals surface area contributed by atoms with E-state index in [1.54, 1.807) is 24.3 Å². The molecule has 2 aromatic rings. The molecule has 0 unspecified atom stereocenters. The predicted molar refractivity (Wildman–Crippen MR) is 107 cm³/mol. The molecule has 0 aliphatic carbocycles. The van der Waals surface area contributed by atoms with Gasteiger partial charge in [0.1, 0.15) is 0 Å². The maximum atomic E-state index is 12.8. The fraction of sp³-hybridized carbons (Fsp3) is 0.368. The summed E-state index contributed by atoms with van der Waals surface area (Å²) >= 11 is 0. The van der Waals surface area contributed by atoms with E-state index in [0.29, 0.717) is 19.1 Å². The van der Waals surface area contributed by atoms with Crippen LogP contribution in [0.3, 0.4) is 0 Å². The van der Waals surface area contributed by atoms with Crippen LogP contribution in [-0.2, 0) is 24.8 Å². The first-order valence-electron chi connectivity index (χ1n) is 9.01. The molecule has 0 spiro atoms. The lowest BCUT2D eigenvalue weighted by atomic mass is 10.0. The zero-order valence-electron chi connectivity index (χ0n) is 15.8. The molecule has 152 valence electrons. The SMILES string of the molecule is CC(C)c1ccc(S(=O)(=O)Nc2cccc(S(=O)(=O)N3CCOCC3)c2)cc1. The van der Waals surface area contributed by atoms with E-state index in [1.807, 2.05) is 13.8 Å². The minimum Gasteiger partial charge on any atom is -0.379 e. The second-order valence-corrected chi connectivity index (χ2v) is 10.5. The molecule has 3 rings (SSSR count). The van der Waals surface area contributed by atoms with Gasteiger partial charge in [0, 0.05) is 13.1 Å². The highest BCUT2D eigenvalue weighted by Crippen LogP contribution is 2.23. The summed E-state index contributed by atoms with van der Waals surface area (Å²) in [6, 6.07) is 12.5. The van der Waals surface area contributed by atoms with E-state index >= 15 is 0 Å². The number of nitrogens with one attached hydrogen (secondary N) is 1. The summed E-state index contributed by atoms with van der Waals surface area (Å²) < 4.78 is 59.9. The van der Waals surface area contributed by atoms with E-state index in [1.165, 1.54) is 28.6 Å². The Morgan fingerprint density at radius 1 is 0.929 bits per heavy atom. The lowest BCUT2D eigenvalue weighted by molar-refractivity contribution is 0.0730.